The van der Waals surface area contributed by atoms with E-state index < -0.39 is 6.23 Å². The maximum Gasteiger partial charge on any atom is 0.251 e. The molecular weight excluding hydrogens is 364 g/mol. The number of rotatable bonds is 9. The molecule has 6 nitrogen and oxygen atoms in total. The van der Waals surface area contributed by atoms with Crippen molar-refractivity contribution in [1.29, 1.82) is 0 Å². The van der Waals surface area contributed by atoms with Crippen LogP contribution in [0.1, 0.15) is 43.1 Å². The molecule has 0 aromatic heterocycles. The van der Waals surface area contributed by atoms with Gasteiger partial charge in [0.2, 0.25) is 0 Å². The van der Waals surface area contributed by atoms with Gasteiger partial charge in [-0.3, -0.25) is 4.79 Å². The number of benzene rings is 1. The van der Waals surface area contributed by atoms with E-state index in [1.54, 1.807) is 0 Å². The Kier molecular flexibility index (Phi) is 8.29. The van der Waals surface area contributed by atoms with Crippen LogP contribution in [0.3, 0.4) is 0 Å². The van der Waals surface area contributed by atoms with Crippen molar-refractivity contribution >= 4 is 11.6 Å². The summed E-state index contributed by atoms with van der Waals surface area (Å²) in [5.74, 6) is -0.118. The molecule has 0 saturated carbocycles. The largest absolute Gasteiger partial charge is 0.372 e. The fraction of sp³-hybridized carbons (Fsp3) is 0.522. The molecule has 0 aliphatic carbocycles. The molecule has 6 heteroatoms. The lowest BCUT2D eigenvalue weighted by Crippen LogP contribution is -2.38. The molecule has 3 N–H and O–H groups in total. The van der Waals surface area contributed by atoms with E-state index in [2.05, 4.69) is 47.5 Å². The normalized spacial score (nSPS) is 16.6. The Morgan fingerprint density at radius 3 is 2.55 bits per heavy atom. The predicted molar refractivity (Wildman–Crippen MR) is 120 cm³/mol. The van der Waals surface area contributed by atoms with E-state index >= 15 is 0 Å². The molecule has 160 valence electrons. The number of hydrogen-bond acceptors (Lipinski definition) is 5. The van der Waals surface area contributed by atoms with Crippen molar-refractivity contribution in [3.05, 3.63) is 52.2 Å². The minimum Gasteiger partial charge on any atom is -0.372 e. The van der Waals surface area contributed by atoms with Gasteiger partial charge < -0.3 is 25.5 Å². The topological polar surface area (TPSA) is 67.8 Å². The van der Waals surface area contributed by atoms with E-state index in [1.165, 1.54) is 0 Å². The highest BCUT2D eigenvalue weighted by atomic mass is 16.3. The zero-order valence-electron chi connectivity index (χ0n) is 18.7. The highest BCUT2D eigenvalue weighted by molar-refractivity contribution is 5.97. The fourth-order valence-electron chi connectivity index (χ4n) is 3.72. The summed E-state index contributed by atoms with van der Waals surface area (Å²) in [6.45, 7) is 11.2. The predicted octanol–water partition coefficient (Wildman–Crippen LogP) is 2.64. The highest BCUT2D eigenvalue weighted by Gasteiger charge is 2.20. The van der Waals surface area contributed by atoms with Gasteiger partial charge in [-0.1, -0.05) is 6.07 Å². The van der Waals surface area contributed by atoms with E-state index in [0.29, 0.717) is 12.1 Å². The molecule has 2 rings (SSSR count). The Morgan fingerprint density at radius 2 is 1.93 bits per heavy atom. The lowest BCUT2D eigenvalue weighted by atomic mass is 10.0. The molecular formula is C23H36N4O2. The van der Waals surface area contributed by atoms with Crippen LogP contribution in [0.4, 0.5) is 5.69 Å². The molecule has 0 fully saturated rings. The van der Waals surface area contributed by atoms with Gasteiger partial charge >= 0.3 is 0 Å². The van der Waals surface area contributed by atoms with Crippen molar-refractivity contribution in [2.75, 3.05) is 45.2 Å². The summed E-state index contributed by atoms with van der Waals surface area (Å²) in [5, 5.41) is 16.2. The number of aliphatic hydroxyl groups is 1. The molecule has 0 radical (unpaired) electrons. The molecule has 1 aliphatic heterocycles. The molecule has 1 aromatic rings. The number of carbonyl (C=O) groups excluding carboxylic acids is 1. The second-order valence-electron chi connectivity index (χ2n) is 7.95. The second-order valence-corrected chi connectivity index (χ2v) is 7.95. The molecule has 29 heavy (non-hydrogen) atoms. The molecule has 0 spiro atoms. The summed E-state index contributed by atoms with van der Waals surface area (Å²) in [6.07, 6.45) is 2.29. The number of nitrogens with one attached hydrogen (secondary N) is 2. The van der Waals surface area contributed by atoms with Crippen LogP contribution in [-0.4, -0.2) is 62.4 Å². The number of carbonyl (C=O) groups is 1. The van der Waals surface area contributed by atoms with E-state index in [9.17, 15) is 9.90 Å². The third-order valence-corrected chi connectivity index (χ3v) is 5.38. The van der Waals surface area contributed by atoms with Crippen LogP contribution < -0.4 is 15.5 Å². The van der Waals surface area contributed by atoms with Gasteiger partial charge in [0, 0.05) is 42.2 Å². The average molecular weight is 401 g/mol. The van der Waals surface area contributed by atoms with Crippen LogP contribution in [-0.2, 0) is 0 Å². The van der Waals surface area contributed by atoms with E-state index in [4.69, 9.17) is 0 Å². The molecule has 0 saturated heterocycles. The first-order chi connectivity index (χ1) is 13.7. The molecule has 1 atom stereocenters. The van der Waals surface area contributed by atoms with Crippen molar-refractivity contribution in [3.8, 4) is 0 Å². The van der Waals surface area contributed by atoms with Gasteiger partial charge in [-0.05, 0) is 84.1 Å². The standard InChI is InChI=1S/C23H36N4O2/c1-7-27(13-9-12-26(5)6)21-11-8-10-19(18(21)4)22(28)24-15-20-16(2)14-17(3)25-23(20)29/h8,10-11,14,23,25,29H,7,9,12-13,15H2,1-6H3,(H,24,28). The molecule has 1 aromatic carbocycles. The summed E-state index contributed by atoms with van der Waals surface area (Å²) < 4.78 is 0. The van der Waals surface area contributed by atoms with Gasteiger partial charge in [-0.25, -0.2) is 0 Å². The minimum absolute atomic E-state index is 0.118. The van der Waals surface area contributed by atoms with Crippen LogP contribution in [0.5, 0.6) is 0 Å². The van der Waals surface area contributed by atoms with Crippen LogP contribution in [0.15, 0.2) is 41.1 Å². The number of allylic oxidation sites excluding steroid dienone is 3. The minimum atomic E-state index is -0.764. The van der Waals surface area contributed by atoms with Crippen molar-refractivity contribution in [2.24, 2.45) is 0 Å². The Bertz CT molecular complexity index is 783. The zero-order chi connectivity index (χ0) is 21.6. The average Bonchev–Trinajstić information content (AvgIpc) is 2.64. The van der Waals surface area contributed by atoms with Gasteiger partial charge in [-0.15, -0.1) is 0 Å². The molecule has 1 heterocycles. The molecule has 1 unspecified atom stereocenters. The highest BCUT2D eigenvalue weighted by Crippen LogP contribution is 2.24. The Hall–Kier alpha value is -2.31. The maximum absolute atomic E-state index is 12.9. The first kappa shape index (κ1) is 23.0. The van der Waals surface area contributed by atoms with Crippen molar-refractivity contribution in [3.63, 3.8) is 0 Å². The second kappa shape index (κ2) is 10.5. The first-order valence-corrected chi connectivity index (χ1v) is 10.3. The number of amides is 1. The summed E-state index contributed by atoms with van der Waals surface area (Å²) in [5.41, 5.74) is 5.46. The van der Waals surface area contributed by atoms with Crippen molar-refractivity contribution < 1.29 is 9.90 Å². The van der Waals surface area contributed by atoms with E-state index in [-0.39, 0.29) is 5.91 Å². The number of anilines is 1. The van der Waals surface area contributed by atoms with Gasteiger partial charge in [0.25, 0.3) is 5.91 Å². The lowest BCUT2D eigenvalue weighted by Gasteiger charge is -2.27. The Labute approximate surface area is 175 Å². The molecule has 1 amide bonds. The zero-order valence-corrected chi connectivity index (χ0v) is 18.7. The smallest absolute Gasteiger partial charge is 0.251 e. The van der Waals surface area contributed by atoms with Crippen LogP contribution in [0, 0.1) is 6.92 Å². The van der Waals surface area contributed by atoms with Crippen molar-refractivity contribution in [2.45, 2.75) is 40.3 Å². The first-order valence-electron chi connectivity index (χ1n) is 10.3. The summed E-state index contributed by atoms with van der Waals surface area (Å²) in [7, 11) is 4.17. The Morgan fingerprint density at radius 1 is 1.21 bits per heavy atom. The van der Waals surface area contributed by atoms with Gasteiger partial charge in [-0.2, -0.15) is 0 Å². The summed E-state index contributed by atoms with van der Waals surface area (Å²) in [4.78, 5) is 17.4. The summed E-state index contributed by atoms with van der Waals surface area (Å²) >= 11 is 0. The SMILES string of the molecule is CCN(CCCN(C)C)c1cccc(C(=O)NCC2=C(C)C=C(C)NC2O)c1C. The quantitative estimate of drug-likeness (QED) is 0.595. The van der Waals surface area contributed by atoms with Crippen LogP contribution in [0.25, 0.3) is 0 Å². The number of dihydropyridines is 1. The fourth-order valence-corrected chi connectivity index (χ4v) is 3.72. The monoisotopic (exact) mass is 400 g/mol. The van der Waals surface area contributed by atoms with E-state index in [0.717, 1.165) is 54.1 Å². The maximum atomic E-state index is 12.9. The third kappa shape index (κ3) is 6.08. The number of aliphatic hydroxyl groups excluding tert-OH is 1. The molecule has 0 bridgehead atoms. The van der Waals surface area contributed by atoms with E-state index in [1.807, 2.05) is 39.0 Å². The number of hydrogen-bond donors (Lipinski definition) is 3. The number of nitrogens with zero attached hydrogens (tertiary/aromatic N) is 2. The van der Waals surface area contributed by atoms with Crippen LogP contribution >= 0.6 is 0 Å². The summed E-state index contributed by atoms with van der Waals surface area (Å²) in [6, 6.07) is 5.89. The van der Waals surface area contributed by atoms with Gasteiger partial charge in [0.15, 0.2) is 0 Å². The third-order valence-electron chi connectivity index (χ3n) is 5.38. The van der Waals surface area contributed by atoms with Crippen molar-refractivity contribution in [1.82, 2.24) is 15.5 Å². The van der Waals surface area contributed by atoms with Gasteiger partial charge in [0.1, 0.15) is 6.23 Å². The van der Waals surface area contributed by atoms with Crippen LogP contribution in [0.2, 0.25) is 0 Å². The van der Waals surface area contributed by atoms with Gasteiger partial charge in [0.05, 0.1) is 0 Å². The Balaban J connectivity index is 2.11. The lowest BCUT2D eigenvalue weighted by molar-refractivity contribution is 0.0952. The molecule has 1 aliphatic rings.